The van der Waals surface area contributed by atoms with Crippen molar-refractivity contribution in [3.63, 3.8) is 0 Å². The highest BCUT2D eigenvalue weighted by Gasteiger charge is 2.24. The number of primary amides is 1. The number of nitrogens with two attached hydrogens (primary N) is 2. The summed E-state index contributed by atoms with van der Waals surface area (Å²) in [5.41, 5.74) is 6.78. The zero-order valence-electron chi connectivity index (χ0n) is 10.2. The maximum atomic E-state index is 11.8. The molecule has 0 saturated heterocycles. The molecule has 0 radical (unpaired) electrons. The summed E-state index contributed by atoms with van der Waals surface area (Å²) < 4.78 is 0. The third-order valence-corrected chi connectivity index (χ3v) is 2.10. The number of carbonyl (C=O) groups excluding carboxylic acids is 2. The van der Waals surface area contributed by atoms with Gasteiger partial charge < -0.3 is 16.5 Å². The van der Waals surface area contributed by atoms with Crippen LogP contribution in [-0.4, -0.2) is 27.3 Å². The second kappa shape index (κ2) is 5.41. The largest absolute Gasteiger partial charge is 0.370 e. The highest BCUT2D eigenvalue weighted by molar-refractivity contribution is 5.93. The molecule has 1 aromatic heterocycles. The van der Waals surface area contributed by atoms with Crippen molar-refractivity contribution in [2.75, 3.05) is 5.43 Å². The summed E-state index contributed by atoms with van der Waals surface area (Å²) in [6.45, 7) is 3.39. The minimum Gasteiger partial charge on any atom is -0.370 e. The lowest BCUT2D eigenvalue weighted by Gasteiger charge is -2.24. The lowest BCUT2D eigenvalue weighted by atomic mass is 10.0. The zero-order chi connectivity index (χ0) is 13.8. The highest BCUT2D eigenvalue weighted by Crippen LogP contribution is 2.09. The fraction of sp³-hybridized carbons (Fsp3) is 0.400. The third-order valence-electron chi connectivity index (χ3n) is 2.10. The molecule has 8 heteroatoms. The lowest BCUT2D eigenvalue weighted by Crippen LogP contribution is -2.46. The van der Waals surface area contributed by atoms with E-state index in [1.807, 2.05) is 0 Å². The predicted octanol–water partition coefficient (Wildman–Crippen LogP) is -0.854. The summed E-state index contributed by atoms with van der Waals surface area (Å²) in [5, 5.41) is 2.65. The van der Waals surface area contributed by atoms with E-state index in [1.165, 1.54) is 12.4 Å². The minimum absolute atomic E-state index is 0.0363. The third kappa shape index (κ3) is 3.98. The number of carbonyl (C=O) groups is 2. The molecule has 1 rings (SSSR count). The lowest BCUT2D eigenvalue weighted by molar-refractivity contribution is -0.119. The van der Waals surface area contributed by atoms with E-state index in [0.29, 0.717) is 5.82 Å². The molecule has 98 valence electrons. The first-order valence-corrected chi connectivity index (χ1v) is 5.23. The fourth-order valence-electron chi connectivity index (χ4n) is 1.37. The first kappa shape index (κ1) is 13.8. The van der Waals surface area contributed by atoms with E-state index in [4.69, 9.17) is 11.6 Å². The van der Waals surface area contributed by atoms with Crippen molar-refractivity contribution >= 4 is 17.6 Å². The van der Waals surface area contributed by atoms with E-state index in [1.54, 1.807) is 13.8 Å². The maximum absolute atomic E-state index is 11.8. The molecule has 8 nitrogen and oxygen atoms in total. The van der Waals surface area contributed by atoms with E-state index in [0.717, 1.165) is 0 Å². The van der Waals surface area contributed by atoms with Crippen LogP contribution in [0.25, 0.3) is 0 Å². The van der Waals surface area contributed by atoms with Crippen molar-refractivity contribution in [1.82, 2.24) is 15.3 Å². The predicted molar refractivity (Wildman–Crippen MR) is 65.2 cm³/mol. The standard InChI is InChI=1S/C10H16N6O2/c1-10(2,3-7(11)17)15-9(18)6-4-14-8(16-12)5-13-6/h4-5H,3,12H2,1-2H3,(H2,11,17)(H,14,16)(H,15,18). The fourth-order valence-corrected chi connectivity index (χ4v) is 1.37. The van der Waals surface area contributed by atoms with Crippen LogP contribution in [0.5, 0.6) is 0 Å². The van der Waals surface area contributed by atoms with Crippen molar-refractivity contribution < 1.29 is 9.59 Å². The Morgan fingerprint density at radius 2 is 2.00 bits per heavy atom. The molecule has 0 saturated carbocycles. The summed E-state index contributed by atoms with van der Waals surface area (Å²) in [4.78, 5) is 30.4. The number of nitrogens with zero attached hydrogens (tertiary/aromatic N) is 2. The van der Waals surface area contributed by atoms with Gasteiger partial charge in [-0.15, -0.1) is 0 Å². The number of anilines is 1. The number of nitrogen functional groups attached to an aromatic ring is 1. The van der Waals surface area contributed by atoms with Crippen molar-refractivity contribution in [1.29, 1.82) is 0 Å². The molecule has 1 heterocycles. The SMILES string of the molecule is CC(C)(CC(N)=O)NC(=O)c1cnc(NN)cn1. The van der Waals surface area contributed by atoms with Gasteiger partial charge in [0.1, 0.15) is 5.69 Å². The molecular formula is C10H16N6O2. The molecule has 0 atom stereocenters. The van der Waals surface area contributed by atoms with Gasteiger partial charge in [0.05, 0.1) is 12.4 Å². The number of hydrogen-bond donors (Lipinski definition) is 4. The van der Waals surface area contributed by atoms with Gasteiger partial charge in [-0.3, -0.25) is 9.59 Å². The van der Waals surface area contributed by atoms with Gasteiger partial charge in [0.25, 0.3) is 5.91 Å². The van der Waals surface area contributed by atoms with Gasteiger partial charge in [0.2, 0.25) is 5.91 Å². The number of amides is 2. The van der Waals surface area contributed by atoms with Gasteiger partial charge in [-0.1, -0.05) is 0 Å². The van der Waals surface area contributed by atoms with Crippen LogP contribution in [0.4, 0.5) is 5.82 Å². The summed E-state index contributed by atoms with van der Waals surface area (Å²) in [6, 6.07) is 0. The molecule has 0 aliphatic heterocycles. The van der Waals surface area contributed by atoms with Crippen LogP contribution in [-0.2, 0) is 4.79 Å². The second-order valence-electron chi connectivity index (χ2n) is 4.41. The van der Waals surface area contributed by atoms with Crippen LogP contribution >= 0.6 is 0 Å². The van der Waals surface area contributed by atoms with Gasteiger partial charge in [0, 0.05) is 12.0 Å². The molecular weight excluding hydrogens is 236 g/mol. The number of hydrogen-bond acceptors (Lipinski definition) is 6. The topological polar surface area (TPSA) is 136 Å². The Morgan fingerprint density at radius 1 is 1.33 bits per heavy atom. The molecule has 0 unspecified atom stereocenters. The Kier molecular flexibility index (Phi) is 4.16. The molecule has 0 aromatic carbocycles. The van der Waals surface area contributed by atoms with E-state index in [9.17, 15) is 9.59 Å². The average molecular weight is 252 g/mol. The van der Waals surface area contributed by atoms with E-state index in [-0.39, 0.29) is 12.1 Å². The monoisotopic (exact) mass is 252 g/mol. The Hall–Kier alpha value is -2.22. The van der Waals surface area contributed by atoms with E-state index >= 15 is 0 Å². The molecule has 1 aromatic rings. The first-order valence-electron chi connectivity index (χ1n) is 5.23. The van der Waals surface area contributed by atoms with Crippen LogP contribution in [0.1, 0.15) is 30.8 Å². The van der Waals surface area contributed by atoms with Gasteiger partial charge in [-0.25, -0.2) is 15.8 Å². The Balaban J connectivity index is 2.72. The smallest absolute Gasteiger partial charge is 0.271 e. The zero-order valence-corrected chi connectivity index (χ0v) is 10.2. The van der Waals surface area contributed by atoms with Crippen LogP contribution in [0.2, 0.25) is 0 Å². The second-order valence-corrected chi connectivity index (χ2v) is 4.41. The van der Waals surface area contributed by atoms with Crippen LogP contribution < -0.4 is 22.3 Å². The molecule has 0 aliphatic carbocycles. The van der Waals surface area contributed by atoms with Crippen LogP contribution in [0, 0.1) is 0 Å². The molecule has 0 fully saturated rings. The van der Waals surface area contributed by atoms with Crippen LogP contribution in [0.15, 0.2) is 12.4 Å². The Labute approximate surface area is 104 Å². The molecule has 6 N–H and O–H groups in total. The number of nitrogens with one attached hydrogen (secondary N) is 2. The summed E-state index contributed by atoms with van der Waals surface area (Å²) in [6.07, 6.45) is 2.65. The highest BCUT2D eigenvalue weighted by atomic mass is 16.2. The molecule has 0 bridgehead atoms. The van der Waals surface area contributed by atoms with Gasteiger partial charge in [-0.05, 0) is 13.8 Å². The summed E-state index contributed by atoms with van der Waals surface area (Å²) >= 11 is 0. The van der Waals surface area contributed by atoms with E-state index in [2.05, 4.69) is 20.7 Å². The van der Waals surface area contributed by atoms with E-state index < -0.39 is 17.4 Å². The van der Waals surface area contributed by atoms with Crippen LogP contribution in [0.3, 0.4) is 0 Å². The Bertz CT molecular complexity index is 442. The van der Waals surface area contributed by atoms with Gasteiger partial charge in [0.15, 0.2) is 5.82 Å². The van der Waals surface area contributed by atoms with Gasteiger partial charge in [-0.2, -0.15) is 0 Å². The number of aromatic nitrogens is 2. The summed E-state index contributed by atoms with van der Waals surface area (Å²) in [7, 11) is 0. The quantitative estimate of drug-likeness (QED) is 0.398. The van der Waals surface area contributed by atoms with Crippen molar-refractivity contribution in [3.8, 4) is 0 Å². The normalized spacial score (nSPS) is 10.8. The van der Waals surface area contributed by atoms with Crippen molar-refractivity contribution in [3.05, 3.63) is 18.1 Å². The Morgan fingerprint density at radius 3 is 2.44 bits per heavy atom. The van der Waals surface area contributed by atoms with Gasteiger partial charge >= 0.3 is 0 Å². The van der Waals surface area contributed by atoms with Crippen molar-refractivity contribution in [2.24, 2.45) is 11.6 Å². The molecule has 2 amide bonds. The minimum atomic E-state index is -0.741. The summed E-state index contributed by atoms with van der Waals surface area (Å²) in [5.74, 6) is 4.55. The van der Waals surface area contributed by atoms with Crippen molar-refractivity contribution in [2.45, 2.75) is 25.8 Å². The average Bonchev–Trinajstić information content (AvgIpc) is 2.26. The molecule has 0 aliphatic rings. The number of hydrazine groups is 1. The number of rotatable bonds is 5. The maximum Gasteiger partial charge on any atom is 0.271 e. The molecule has 18 heavy (non-hydrogen) atoms. The molecule has 0 spiro atoms. The first-order chi connectivity index (χ1) is 8.34.